The standard InChI is InChI=1S/C22H24N6O2/c1-2-27-20(29)22(28(21(27)30)14-16-6-4-3-5-7-16)9-12-26(13-10-22)19-17-8-11-23-18(17)24-15-25-19/h3-8,11,15H,2,9-10,12-14H2,1H3,(H,23,24,25). The molecule has 8 nitrogen and oxygen atoms in total. The molecule has 2 saturated heterocycles. The van der Waals surface area contributed by atoms with Gasteiger partial charge in [0.2, 0.25) is 0 Å². The predicted octanol–water partition coefficient (Wildman–Crippen LogP) is 2.78. The van der Waals surface area contributed by atoms with Crippen molar-refractivity contribution < 1.29 is 9.59 Å². The Hall–Kier alpha value is -3.42. The molecule has 2 fully saturated rings. The van der Waals surface area contributed by atoms with Crippen molar-refractivity contribution in [1.29, 1.82) is 0 Å². The molecule has 1 spiro atoms. The van der Waals surface area contributed by atoms with Gasteiger partial charge >= 0.3 is 6.03 Å². The molecule has 1 N–H and O–H groups in total. The highest BCUT2D eigenvalue weighted by Crippen LogP contribution is 2.39. The molecule has 3 amide bonds. The van der Waals surface area contributed by atoms with E-state index in [2.05, 4.69) is 19.9 Å². The Balaban J connectivity index is 1.44. The van der Waals surface area contributed by atoms with Gasteiger partial charge in [-0.05, 0) is 31.4 Å². The van der Waals surface area contributed by atoms with Crippen LogP contribution in [-0.4, -0.2) is 61.9 Å². The Morgan fingerprint density at radius 1 is 1.07 bits per heavy atom. The van der Waals surface area contributed by atoms with Gasteiger partial charge in [0.1, 0.15) is 23.3 Å². The van der Waals surface area contributed by atoms with Crippen LogP contribution in [-0.2, 0) is 11.3 Å². The molecule has 0 bridgehead atoms. The molecule has 3 aromatic rings. The lowest BCUT2D eigenvalue weighted by atomic mass is 9.85. The second-order valence-electron chi connectivity index (χ2n) is 7.86. The zero-order valence-electron chi connectivity index (χ0n) is 16.9. The van der Waals surface area contributed by atoms with E-state index in [4.69, 9.17) is 0 Å². The van der Waals surface area contributed by atoms with Crippen molar-refractivity contribution in [3.05, 3.63) is 54.5 Å². The second kappa shape index (κ2) is 7.12. The number of hydrogen-bond donors (Lipinski definition) is 1. The minimum Gasteiger partial charge on any atom is -0.356 e. The molecule has 30 heavy (non-hydrogen) atoms. The fourth-order valence-electron chi connectivity index (χ4n) is 4.73. The number of nitrogens with zero attached hydrogens (tertiary/aromatic N) is 5. The summed E-state index contributed by atoms with van der Waals surface area (Å²) in [6.07, 6.45) is 4.57. The first-order valence-electron chi connectivity index (χ1n) is 10.3. The molecule has 5 rings (SSSR count). The number of piperidine rings is 1. The molecule has 2 aromatic heterocycles. The fraction of sp³-hybridized carbons (Fsp3) is 0.364. The second-order valence-corrected chi connectivity index (χ2v) is 7.86. The van der Waals surface area contributed by atoms with Gasteiger partial charge in [-0.3, -0.25) is 9.69 Å². The van der Waals surface area contributed by atoms with Crippen LogP contribution in [0.4, 0.5) is 10.6 Å². The van der Waals surface area contributed by atoms with E-state index in [-0.39, 0.29) is 11.9 Å². The van der Waals surface area contributed by atoms with Crippen molar-refractivity contribution in [2.24, 2.45) is 0 Å². The number of hydrogen-bond acceptors (Lipinski definition) is 5. The number of urea groups is 1. The van der Waals surface area contributed by atoms with Gasteiger partial charge in [0.15, 0.2) is 0 Å². The predicted molar refractivity (Wildman–Crippen MR) is 113 cm³/mol. The molecular formula is C22H24N6O2. The van der Waals surface area contributed by atoms with E-state index in [9.17, 15) is 9.59 Å². The number of nitrogens with one attached hydrogen (secondary N) is 1. The maximum atomic E-state index is 13.4. The molecule has 2 aliphatic rings. The minimum absolute atomic E-state index is 0.0694. The smallest absolute Gasteiger partial charge is 0.327 e. The van der Waals surface area contributed by atoms with Gasteiger partial charge in [-0.1, -0.05) is 30.3 Å². The van der Waals surface area contributed by atoms with Gasteiger partial charge in [0.05, 0.1) is 5.39 Å². The zero-order chi connectivity index (χ0) is 20.7. The van der Waals surface area contributed by atoms with Crippen LogP contribution in [0.15, 0.2) is 48.9 Å². The summed E-state index contributed by atoms with van der Waals surface area (Å²) in [7, 11) is 0. The summed E-state index contributed by atoms with van der Waals surface area (Å²) in [5.41, 5.74) is 1.04. The van der Waals surface area contributed by atoms with Crippen molar-refractivity contribution >= 4 is 28.8 Å². The third kappa shape index (κ3) is 2.74. The zero-order valence-corrected chi connectivity index (χ0v) is 16.9. The van der Waals surface area contributed by atoms with Crippen LogP contribution in [0.25, 0.3) is 11.0 Å². The minimum atomic E-state index is -0.788. The molecule has 2 aliphatic heterocycles. The van der Waals surface area contributed by atoms with E-state index in [0.717, 1.165) is 22.4 Å². The monoisotopic (exact) mass is 404 g/mol. The Bertz CT molecular complexity index is 1090. The highest BCUT2D eigenvalue weighted by molar-refractivity contribution is 6.07. The maximum absolute atomic E-state index is 13.4. The summed E-state index contributed by atoms with van der Waals surface area (Å²) in [5.74, 6) is 0.801. The number of amides is 3. The van der Waals surface area contributed by atoms with Crippen LogP contribution < -0.4 is 4.90 Å². The van der Waals surface area contributed by atoms with E-state index in [1.807, 2.05) is 49.5 Å². The lowest BCUT2D eigenvalue weighted by Gasteiger charge is -2.42. The summed E-state index contributed by atoms with van der Waals surface area (Å²) in [6, 6.07) is 11.7. The first-order valence-corrected chi connectivity index (χ1v) is 10.3. The molecule has 154 valence electrons. The van der Waals surface area contributed by atoms with E-state index in [0.29, 0.717) is 39.0 Å². The number of aromatic nitrogens is 3. The molecule has 0 radical (unpaired) electrons. The highest BCUT2D eigenvalue weighted by atomic mass is 16.2. The Kier molecular flexibility index (Phi) is 4.42. The lowest BCUT2D eigenvalue weighted by molar-refractivity contribution is -0.134. The van der Waals surface area contributed by atoms with Gasteiger partial charge in [-0.25, -0.2) is 14.8 Å². The Labute approximate surface area is 174 Å². The van der Waals surface area contributed by atoms with Crippen LogP contribution in [0.3, 0.4) is 0 Å². The Morgan fingerprint density at radius 2 is 1.83 bits per heavy atom. The van der Waals surface area contributed by atoms with Crippen molar-refractivity contribution in [1.82, 2.24) is 24.8 Å². The van der Waals surface area contributed by atoms with Crippen LogP contribution >= 0.6 is 0 Å². The molecule has 0 unspecified atom stereocenters. The number of anilines is 1. The van der Waals surface area contributed by atoms with Crippen molar-refractivity contribution in [2.45, 2.75) is 31.8 Å². The van der Waals surface area contributed by atoms with Gasteiger partial charge in [-0.15, -0.1) is 0 Å². The number of carbonyl (C=O) groups is 2. The SMILES string of the molecule is CCN1C(=O)N(Cc2ccccc2)C2(CCN(c3ncnc4[nH]ccc34)CC2)C1=O. The van der Waals surface area contributed by atoms with Crippen LogP contribution in [0.1, 0.15) is 25.3 Å². The van der Waals surface area contributed by atoms with Crippen molar-refractivity contribution in [3.8, 4) is 0 Å². The molecule has 4 heterocycles. The lowest BCUT2D eigenvalue weighted by Crippen LogP contribution is -2.56. The summed E-state index contributed by atoms with van der Waals surface area (Å²) in [5, 5.41) is 0.971. The van der Waals surface area contributed by atoms with E-state index >= 15 is 0 Å². The average molecular weight is 404 g/mol. The first kappa shape index (κ1) is 18.6. The topological polar surface area (TPSA) is 85.4 Å². The van der Waals surface area contributed by atoms with E-state index in [1.165, 1.54) is 4.90 Å². The number of fused-ring (bicyclic) bond motifs is 1. The van der Waals surface area contributed by atoms with Gasteiger partial charge in [-0.2, -0.15) is 0 Å². The first-order chi connectivity index (χ1) is 14.6. The summed E-state index contributed by atoms with van der Waals surface area (Å²) < 4.78 is 0. The molecule has 0 atom stereocenters. The molecule has 0 aliphatic carbocycles. The fourth-order valence-corrected chi connectivity index (χ4v) is 4.73. The molecule has 1 aromatic carbocycles. The summed E-state index contributed by atoms with van der Waals surface area (Å²) in [4.78, 5) is 43.7. The number of likely N-dealkylation sites (N-methyl/N-ethyl adjacent to an activating group) is 1. The Morgan fingerprint density at radius 3 is 2.57 bits per heavy atom. The third-order valence-electron chi connectivity index (χ3n) is 6.34. The maximum Gasteiger partial charge on any atom is 0.327 e. The van der Waals surface area contributed by atoms with Crippen LogP contribution in [0.2, 0.25) is 0 Å². The average Bonchev–Trinajstić information content (AvgIpc) is 3.33. The van der Waals surface area contributed by atoms with E-state index in [1.54, 1.807) is 11.2 Å². The highest BCUT2D eigenvalue weighted by Gasteiger charge is 2.57. The molecule has 0 saturated carbocycles. The number of rotatable bonds is 4. The van der Waals surface area contributed by atoms with Crippen molar-refractivity contribution in [3.63, 3.8) is 0 Å². The van der Waals surface area contributed by atoms with Gasteiger partial charge < -0.3 is 14.8 Å². The van der Waals surface area contributed by atoms with Crippen LogP contribution in [0.5, 0.6) is 0 Å². The molecule has 8 heteroatoms. The number of carbonyl (C=O) groups excluding carboxylic acids is 2. The largest absolute Gasteiger partial charge is 0.356 e. The number of imide groups is 1. The molecular weight excluding hydrogens is 380 g/mol. The normalized spacial score (nSPS) is 18.8. The summed E-state index contributed by atoms with van der Waals surface area (Å²) in [6.45, 7) is 3.99. The van der Waals surface area contributed by atoms with E-state index < -0.39 is 5.54 Å². The number of benzene rings is 1. The van der Waals surface area contributed by atoms with Crippen molar-refractivity contribution in [2.75, 3.05) is 24.5 Å². The van der Waals surface area contributed by atoms with Gasteiger partial charge in [0, 0.05) is 32.4 Å². The number of aromatic amines is 1. The quantitative estimate of drug-likeness (QED) is 0.676. The van der Waals surface area contributed by atoms with Crippen LogP contribution in [0, 0.1) is 0 Å². The summed E-state index contributed by atoms with van der Waals surface area (Å²) >= 11 is 0. The number of H-pyrrole nitrogens is 1. The van der Waals surface area contributed by atoms with Gasteiger partial charge in [0.25, 0.3) is 5.91 Å². The third-order valence-corrected chi connectivity index (χ3v) is 6.34.